The van der Waals surface area contributed by atoms with E-state index in [1.165, 1.54) is 0 Å². The second-order valence-electron chi connectivity index (χ2n) is 4.68. The van der Waals surface area contributed by atoms with Gasteiger partial charge in [-0.25, -0.2) is 0 Å². The lowest BCUT2D eigenvalue weighted by atomic mass is 10.2. The summed E-state index contributed by atoms with van der Waals surface area (Å²) in [5, 5.41) is 2.86. The van der Waals surface area contributed by atoms with Gasteiger partial charge in [-0.2, -0.15) is 0 Å². The fourth-order valence-corrected chi connectivity index (χ4v) is 1.97. The van der Waals surface area contributed by atoms with Gasteiger partial charge in [-0.3, -0.25) is 9.59 Å². The van der Waals surface area contributed by atoms with Gasteiger partial charge >= 0.3 is 0 Å². The van der Waals surface area contributed by atoms with Crippen LogP contribution in [0.25, 0.3) is 0 Å². The Hall–Kier alpha value is -1.88. The van der Waals surface area contributed by atoms with E-state index in [1.54, 1.807) is 0 Å². The van der Waals surface area contributed by atoms with Crippen molar-refractivity contribution in [2.24, 2.45) is 5.73 Å². The van der Waals surface area contributed by atoms with Crippen molar-refractivity contribution in [3.8, 4) is 0 Å². The zero-order valence-corrected chi connectivity index (χ0v) is 11.5. The lowest BCUT2D eigenvalue weighted by Gasteiger charge is -2.17. The van der Waals surface area contributed by atoms with Crippen molar-refractivity contribution in [1.29, 1.82) is 0 Å². The maximum atomic E-state index is 11.9. The van der Waals surface area contributed by atoms with Gasteiger partial charge in [0.15, 0.2) is 13.1 Å². The van der Waals surface area contributed by atoms with Crippen LogP contribution >= 0.6 is 0 Å². The number of nitrogens with two attached hydrogens (primary N) is 1. The molecular formula is C14H22N3O2+. The predicted molar refractivity (Wildman–Crippen MR) is 74.9 cm³/mol. The fraction of sp³-hybridized carbons (Fsp3) is 0.429. The number of rotatable bonds is 7. The topological polar surface area (TPSA) is 76.6 Å². The highest BCUT2D eigenvalue weighted by Crippen LogP contribution is 2.12. The Morgan fingerprint density at radius 3 is 2.53 bits per heavy atom. The van der Waals surface area contributed by atoms with E-state index in [0.717, 1.165) is 29.1 Å². The molecule has 5 heteroatoms. The van der Waals surface area contributed by atoms with Crippen molar-refractivity contribution in [3.05, 3.63) is 29.8 Å². The summed E-state index contributed by atoms with van der Waals surface area (Å²) in [4.78, 5) is 23.8. The molecule has 0 saturated heterocycles. The highest BCUT2D eigenvalue weighted by atomic mass is 16.2. The van der Waals surface area contributed by atoms with E-state index in [4.69, 9.17) is 5.73 Å². The van der Waals surface area contributed by atoms with Crippen molar-refractivity contribution in [2.45, 2.75) is 20.3 Å². The van der Waals surface area contributed by atoms with Gasteiger partial charge in [0.25, 0.3) is 11.8 Å². The van der Waals surface area contributed by atoms with Gasteiger partial charge in [0.05, 0.1) is 6.54 Å². The highest BCUT2D eigenvalue weighted by molar-refractivity contribution is 5.92. The van der Waals surface area contributed by atoms with Crippen molar-refractivity contribution >= 4 is 17.5 Å². The molecule has 0 saturated carbocycles. The van der Waals surface area contributed by atoms with E-state index < -0.39 is 0 Å². The summed E-state index contributed by atoms with van der Waals surface area (Å²) in [6, 6.07) is 7.60. The van der Waals surface area contributed by atoms with E-state index >= 15 is 0 Å². The van der Waals surface area contributed by atoms with E-state index in [2.05, 4.69) is 5.32 Å². The SMILES string of the molecule is CCC[NH+](CC(N)=O)CC(=O)Nc1ccccc1C. The third kappa shape index (κ3) is 5.52. The standard InChI is InChI=1S/C14H21N3O2/c1-3-8-17(9-13(15)18)10-14(19)16-12-7-5-4-6-11(12)2/h4-7H,3,8-10H2,1-2H3,(H2,15,18)(H,16,19)/p+1. The van der Waals surface area contributed by atoms with E-state index in [-0.39, 0.29) is 24.9 Å². The number of benzene rings is 1. The number of amides is 2. The number of para-hydroxylation sites is 1. The quantitative estimate of drug-likeness (QED) is 0.633. The highest BCUT2D eigenvalue weighted by Gasteiger charge is 2.16. The second-order valence-corrected chi connectivity index (χ2v) is 4.68. The van der Waals surface area contributed by atoms with Crippen LogP contribution in [0.1, 0.15) is 18.9 Å². The van der Waals surface area contributed by atoms with Crippen molar-refractivity contribution in [3.63, 3.8) is 0 Å². The first kappa shape index (κ1) is 15.2. The Bertz CT molecular complexity index is 446. The molecule has 0 aliphatic rings. The molecule has 1 unspecified atom stereocenters. The number of aryl methyl sites for hydroxylation is 1. The maximum Gasteiger partial charge on any atom is 0.279 e. The van der Waals surface area contributed by atoms with Gasteiger partial charge in [-0.15, -0.1) is 0 Å². The summed E-state index contributed by atoms with van der Waals surface area (Å²) in [6.45, 7) is 5.15. The second kappa shape index (κ2) is 7.53. The van der Waals surface area contributed by atoms with E-state index in [1.807, 2.05) is 38.1 Å². The maximum absolute atomic E-state index is 11.9. The third-order valence-corrected chi connectivity index (χ3v) is 2.86. The van der Waals surface area contributed by atoms with Crippen LogP contribution in [0.5, 0.6) is 0 Å². The molecule has 19 heavy (non-hydrogen) atoms. The molecule has 104 valence electrons. The molecule has 1 aromatic carbocycles. The zero-order valence-electron chi connectivity index (χ0n) is 11.5. The Labute approximate surface area is 113 Å². The molecule has 0 aliphatic carbocycles. The summed E-state index contributed by atoms with van der Waals surface area (Å²) < 4.78 is 0. The third-order valence-electron chi connectivity index (χ3n) is 2.86. The average molecular weight is 264 g/mol. The Balaban J connectivity index is 2.57. The van der Waals surface area contributed by atoms with Gasteiger partial charge in [-0.05, 0) is 25.0 Å². The van der Waals surface area contributed by atoms with Crippen molar-refractivity contribution in [2.75, 3.05) is 25.0 Å². The first-order valence-corrected chi connectivity index (χ1v) is 6.50. The first-order chi connectivity index (χ1) is 9.02. The lowest BCUT2D eigenvalue weighted by molar-refractivity contribution is -0.883. The molecular weight excluding hydrogens is 242 g/mol. The van der Waals surface area contributed by atoms with Crippen LogP contribution in [0.15, 0.2) is 24.3 Å². The number of quaternary nitrogens is 1. The number of carbonyl (C=O) groups excluding carboxylic acids is 2. The van der Waals surface area contributed by atoms with E-state index in [9.17, 15) is 9.59 Å². The van der Waals surface area contributed by atoms with Gasteiger partial charge in [0.1, 0.15) is 0 Å². The molecule has 0 aliphatic heterocycles. The van der Waals surface area contributed by atoms with Crippen molar-refractivity contribution < 1.29 is 14.5 Å². The molecule has 4 N–H and O–H groups in total. The van der Waals surface area contributed by atoms with Gasteiger partial charge in [0, 0.05) is 5.69 Å². The molecule has 0 spiro atoms. The Morgan fingerprint density at radius 1 is 1.26 bits per heavy atom. The number of anilines is 1. The molecule has 0 fully saturated rings. The normalized spacial score (nSPS) is 11.9. The van der Waals surface area contributed by atoms with E-state index in [0.29, 0.717) is 0 Å². The first-order valence-electron chi connectivity index (χ1n) is 6.50. The summed E-state index contributed by atoms with van der Waals surface area (Å²) in [6.07, 6.45) is 0.903. The van der Waals surface area contributed by atoms with Gasteiger partial charge in [0.2, 0.25) is 0 Å². The molecule has 0 radical (unpaired) electrons. The summed E-state index contributed by atoms with van der Waals surface area (Å²) >= 11 is 0. The van der Waals surface area contributed by atoms with Crippen LogP contribution < -0.4 is 16.0 Å². The number of nitrogens with one attached hydrogen (secondary N) is 2. The molecule has 1 rings (SSSR count). The molecule has 2 amide bonds. The molecule has 1 atom stereocenters. The van der Waals surface area contributed by atoms with Crippen LogP contribution in [0.2, 0.25) is 0 Å². The Kier molecular flexibility index (Phi) is 6.02. The fourth-order valence-electron chi connectivity index (χ4n) is 1.97. The molecule has 0 bridgehead atoms. The molecule has 1 aromatic rings. The van der Waals surface area contributed by atoms with Crippen molar-refractivity contribution in [1.82, 2.24) is 0 Å². The van der Waals surface area contributed by atoms with Gasteiger partial charge in [-0.1, -0.05) is 25.1 Å². The number of hydrogen-bond donors (Lipinski definition) is 3. The molecule has 5 nitrogen and oxygen atoms in total. The predicted octanol–water partition coefficient (Wildman–Crippen LogP) is -0.286. The van der Waals surface area contributed by atoms with Crippen LogP contribution in [-0.2, 0) is 9.59 Å². The number of hydrogen-bond acceptors (Lipinski definition) is 2. The monoisotopic (exact) mass is 264 g/mol. The largest absolute Gasteiger partial charge is 0.365 e. The summed E-state index contributed by atoms with van der Waals surface area (Å²) in [7, 11) is 0. The van der Waals surface area contributed by atoms with Gasteiger partial charge < -0.3 is 16.0 Å². The minimum Gasteiger partial charge on any atom is -0.365 e. The van der Waals surface area contributed by atoms with Crippen LogP contribution in [-0.4, -0.2) is 31.4 Å². The van der Waals surface area contributed by atoms with Crippen LogP contribution in [0.4, 0.5) is 5.69 Å². The minimum atomic E-state index is -0.382. The molecule has 0 heterocycles. The minimum absolute atomic E-state index is 0.0981. The average Bonchev–Trinajstić information content (AvgIpc) is 2.31. The lowest BCUT2D eigenvalue weighted by Crippen LogP contribution is -3.14. The zero-order chi connectivity index (χ0) is 14.3. The smallest absolute Gasteiger partial charge is 0.279 e. The number of primary amides is 1. The van der Waals surface area contributed by atoms with Crippen LogP contribution in [0, 0.1) is 6.92 Å². The summed E-state index contributed by atoms with van der Waals surface area (Å²) in [5.41, 5.74) is 7.01. The summed E-state index contributed by atoms with van der Waals surface area (Å²) in [5.74, 6) is -0.480. The van der Waals surface area contributed by atoms with Crippen LogP contribution in [0.3, 0.4) is 0 Å². The number of carbonyl (C=O) groups is 2. The Morgan fingerprint density at radius 2 is 1.95 bits per heavy atom. The molecule has 0 aromatic heterocycles.